The molecule has 0 saturated carbocycles. The van der Waals surface area contributed by atoms with Crippen LogP contribution in [-0.2, 0) is 0 Å². The normalized spacial score (nSPS) is 10.2. The molecule has 0 aliphatic heterocycles. The van der Waals surface area contributed by atoms with Crippen molar-refractivity contribution in [3.8, 4) is 11.8 Å². The van der Waals surface area contributed by atoms with Gasteiger partial charge in [-0.3, -0.25) is 4.79 Å². The lowest BCUT2D eigenvalue weighted by atomic mass is 10.1. The van der Waals surface area contributed by atoms with E-state index < -0.39 is 0 Å². The van der Waals surface area contributed by atoms with Gasteiger partial charge in [-0.2, -0.15) is 4.98 Å². The van der Waals surface area contributed by atoms with Crippen molar-refractivity contribution in [3.63, 3.8) is 0 Å². The number of aryl methyl sites for hydroxylation is 1. The quantitative estimate of drug-likeness (QED) is 0.765. The topological polar surface area (TPSA) is 74.5 Å². The minimum atomic E-state index is -0.371. The second-order valence-corrected chi connectivity index (χ2v) is 3.53. The van der Waals surface area contributed by atoms with Crippen molar-refractivity contribution in [2.24, 2.45) is 0 Å². The number of ether oxygens (including phenoxy) is 2. The third kappa shape index (κ3) is 2.04. The Balaban J connectivity index is 2.45. The number of hydrogen-bond acceptors (Lipinski definition) is 6. The number of methoxy groups -OCH3 is 2. The van der Waals surface area contributed by atoms with Crippen molar-refractivity contribution in [2.75, 3.05) is 14.2 Å². The van der Waals surface area contributed by atoms with Crippen molar-refractivity contribution in [1.82, 2.24) is 9.97 Å². The Bertz CT molecular complexity index is 577. The Morgan fingerprint density at radius 3 is 2.67 bits per heavy atom. The van der Waals surface area contributed by atoms with Crippen LogP contribution < -0.4 is 9.47 Å². The largest absolute Gasteiger partial charge is 0.480 e. The molecular weight excluding hydrogens is 236 g/mol. The summed E-state index contributed by atoms with van der Waals surface area (Å²) in [6.07, 6.45) is 2.81. The molecule has 0 aliphatic rings. The predicted octanol–water partition coefficient (Wildman–Crippen LogP) is 1.63. The molecule has 0 atom stereocenters. The fourth-order valence-electron chi connectivity index (χ4n) is 1.47. The van der Waals surface area contributed by atoms with Crippen LogP contribution in [0.25, 0.3) is 0 Å². The van der Waals surface area contributed by atoms with Crippen LogP contribution in [0, 0.1) is 6.92 Å². The number of hydrogen-bond donors (Lipinski definition) is 0. The van der Waals surface area contributed by atoms with E-state index in [1.54, 1.807) is 13.0 Å². The standard InChI is InChI=1S/C12H12N2O4/c1-7-4-5-18-11(7)10(15)9-12(17-3)14-8(16-2)6-13-9/h4-6H,1-3H3. The second-order valence-electron chi connectivity index (χ2n) is 3.53. The zero-order valence-electron chi connectivity index (χ0n) is 10.3. The van der Waals surface area contributed by atoms with Gasteiger partial charge >= 0.3 is 0 Å². The van der Waals surface area contributed by atoms with Crippen molar-refractivity contribution in [1.29, 1.82) is 0 Å². The Labute approximate surface area is 104 Å². The lowest BCUT2D eigenvalue weighted by Crippen LogP contribution is -2.09. The van der Waals surface area contributed by atoms with Gasteiger partial charge < -0.3 is 13.9 Å². The van der Waals surface area contributed by atoms with Gasteiger partial charge in [-0.15, -0.1) is 0 Å². The van der Waals surface area contributed by atoms with E-state index in [1.807, 2.05) is 0 Å². The molecule has 0 amide bonds. The molecule has 2 aromatic heterocycles. The van der Waals surface area contributed by atoms with Crippen LogP contribution in [0.15, 0.2) is 22.9 Å². The van der Waals surface area contributed by atoms with Crippen molar-refractivity contribution in [2.45, 2.75) is 6.92 Å². The number of nitrogens with zero attached hydrogens (tertiary/aromatic N) is 2. The van der Waals surface area contributed by atoms with Gasteiger partial charge in [0.25, 0.3) is 5.78 Å². The summed E-state index contributed by atoms with van der Waals surface area (Å²) in [6.45, 7) is 1.78. The average Bonchev–Trinajstić information content (AvgIpc) is 2.83. The van der Waals surface area contributed by atoms with Gasteiger partial charge in [0.15, 0.2) is 11.5 Å². The van der Waals surface area contributed by atoms with Gasteiger partial charge in [0.05, 0.1) is 26.7 Å². The van der Waals surface area contributed by atoms with Gasteiger partial charge in [-0.1, -0.05) is 0 Å². The monoisotopic (exact) mass is 248 g/mol. The third-order valence-electron chi connectivity index (χ3n) is 2.40. The third-order valence-corrected chi connectivity index (χ3v) is 2.40. The van der Waals surface area contributed by atoms with Gasteiger partial charge in [0.1, 0.15) is 0 Å². The van der Waals surface area contributed by atoms with Gasteiger partial charge in [-0.05, 0) is 18.6 Å². The molecule has 0 N–H and O–H groups in total. The summed E-state index contributed by atoms with van der Waals surface area (Å²) < 4.78 is 15.1. The smallest absolute Gasteiger partial charge is 0.252 e. The second kappa shape index (κ2) is 4.87. The van der Waals surface area contributed by atoms with E-state index in [0.717, 1.165) is 5.56 Å². The van der Waals surface area contributed by atoms with E-state index in [2.05, 4.69) is 9.97 Å². The average molecular weight is 248 g/mol. The molecule has 6 nitrogen and oxygen atoms in total. The fourth-order valence-corrected chi connectivity index (χ4v) is 1.47. The van der Waals surface area contributed by atoms with Crippen LogP contribution in [-0.4, -0.2) is 30.0 Å². The Morgan fingerprint density at radius 1 is 1.33 bits per heavy atom. The molecule has 18 heavy (non-hydrogen) atoms. The SMILES string of the molecule is COc1cnc(C(=O)c2occc2C)c(OC)n1. The highest BCUT2D eigenvalue weighted by molar-refractivity contribution is 6.08. The minimum absolute atomic E-state index is 0.0938. The number of rotatable bonds is 4. The van der Waals surface area contributed by atoms with E-state index in [4.69, 9.17) is 13.9 Å². The summed E-state index contributed by atoms with van der Waals surface area (Å²) in [5, 5.41) is 0. The molecule has 0 radical (unpaired) electrons. The molecule has 0 fully saturated rings. The molecule has 0 saturated heterocycles. The highest BCUT2D eigenvalue weighted by Crippen LogP contribution is 2.21. The molecule has 2 aromatic rings. The fraction of sp³-hybridized carbons (Fsp3) is 0.250. The van der Waals surface area contributed by atoms with E-state index in [0.29, 0.717) is 0 Å². The summed E-state index contributed by atoms with van der Waals surface area (Å²) in [5.74, 6) is 0.243. The molecule has 0 aliphatic carbocycles. The Morgan fingerprint density at radius 2 is 2.11 bits per heavy atom. The van der Waals surface area contributed by atoms with Crippen molar-refractivity contribution < 1.29 is 18.7 Å². The lowest BCUT2D eigenvalue weighted by molar-refractivity contribution is 0.0999. The lowest BCUT2D eigenvalue weighted by Gasteiger charge is -2.06. The number of ketones is 1. The van der Waals surface area contributed by atoms with Crippen LogP contribution in [0.4, 0.5) is 0 Å². The Hall–Kier alpha value is -2.37. The number of carbonyl (C=O) groups excluding carboxylic acids is 1. The van der Waals surface area contributed by atoms with Crippen LogP contribution in [0.3, 0.4) is 0 Å². The molecule has 0 unspecified atom stereocenters. The van der Waals surface area contributed by atoms with Crippen molar-refractivity contribution in [3.05, 3.63) is 35.5 Å². The first kappa shape index (κ1) is 12.1. The summed E-state index contributed by atoms with van der Waals surface area (Å²) in [6, 6.07) is 1.71. The molecule has 0 aromatic carbocycles. The van der Waals surface area contributed by atoms with Crippen LogP contribution >= 0.6 is 0 Å². The number of carbonyl (C=O) groups is 1. The molecule has 94 valence electrons. The van der Waals surface area contributed by atoms with E-state index in [-0.39, 0.29) is 29.0 Å². The van der Waals surface area contributed by atoms with Crippen LogP contribution in [0.1, 0.15) is 21.8 Å². The zero-order chi connectivity index (χ0) is 13.1. The molecule has 2 rings (SSSR count). The molecule has 0 spiro atoms. The highest BCUT2D eigenvalue weighted by Gasteiger charge is 2.22. The maximum Gasteiger partial charge on any atom is 0.252 e. The van der Waals surface area contributed by atoms with Gasteiger partial charge in [0.2, 0.25) is 11.8 Å². The summed E-state index contributed by atoms with van der Waals surface area (Å²) in [4.78, 5) is 20.2. The summed E-state index contributed by atoms with van der Waals surface area (Å²) in [7, 11) is 2.87. The molecular formula is C12H12N2O4. The number of furan rings is 1. The molecule has 2 heterocycles. The van der Waals surface area contributed by atoms with Gasteiger partial charge in [-0.25, -0.2) is 4.98 Å². The Kier molecular flexibility index (Phi) is 3.27. The first-order valence-electron chi connectivity index (χ1n) is 5.21. The zero-order valence-corrected chi connectivity index (χ0v) is 10.3. The van der Waals surface area contributed by atoms with E-state index in [9.17, 15) is 4.79 Å². The summed E-state index contributed by atoms with van der Waals surface area (Å²) in [5.41, 5.74) is 0.830. The first-order valence-corrected chi connectivity index (χ1v) is 5.21. The van der Waals surface area contributed by atoms with E-state index >= 15 is 0 Å². The van der Waals surface area contributed by atoms with Gasteiger partial charge in [0, 0.05) is 0 Å². The first-order chi connectivity index (χ1) is 8.67. The molecule has 6 heteroatoms. The van der Waals surface area contributed by atoms with Crippen LogP contribution in [0.5, 0.6) is 11.8 Å². The highest BCUT2D eigenvalue weighted by atomic mass is 16.5. The number of aromatic nitrogens is 2. The maximum absolute atomic E-state index is 12.2. The summed E-state index contributed by atoms with van der Waals surface area (Å²) >= 11 is 0. The van der Waals surface area contributed by atoms with E-state index in [1.165, 1.54) is 26.7 Å². The minimum Gasteiger partial charge on any atom is -0.480 e. The maximum atomic E-state index is 12.2. The predicted molar refractivity (Wildman–Crippen MR) is 62.0 cm³/mol. The molecule has 0 bridgehead atoms. The van der Waals surface area contributed by atoms with Crippen LogP contribution in [0.2, 0.25) is 0 Å². The van der Waals surface area contributed by atoms with Crippen molar-refractivity contribution >= 4 is 5.78 Å².